The summed E-state index contributed by atoms with van der Waals surface area (Å²) in [6, 6.07) is 0. The molecule has 0 atom stereocenters. The zero-order chi connectivity index (χ0) is 10.4. The minimum absolute atomic E-state index is 0.163. The van der Waals surface area contributed by atoms with Crippen LogP contribution in [-0.2, 0) is 4.79 Å². The lowest BCUT2D eigenvalue weighted by molar-refractivity contribution is -0.139. The molecule has 0 aliphatic carbocycles. The first-order chi connectivity index (χ1) is 6.72. The van der Waals surface area contributed by atoms with Crippen molar-refractivity contribution in [2.45, 2.75) is 6.42 Å². The van der Waals surface area contributed by atoms with Gasteiger partial charge in [-0.3, -0.25) is 14.6 Å². The van der Waals surface area contributed by atoms with Gasteiger partial charge in [-0.2, -0.15) is 0 Å². The van der Waals surface area contributed by atoms with E-state index < -0.39 is 5.97 Å². The minimum Gasteiger partial charge on any atom is -0.480 e. The maximum Gasteiger partial charge on any atom is 0.317 e. The number of carboxylic acid groups (broad SMARTS) is 1. The highest BCUT2D eigenvalue weighted by molar-refractivity contribution is 5.69. The van der Waals surface area contributed by atoms with Crippen LogP contribution in [-0.4, -0.2) is 67.3 Å². The summed E-state index contributed by atoms with van der Waals surface area (Å²) in [5.41, 5.74) is 0. The van der Waals surface area contributed by atoms with Crippen molar-refractivity contribution in [2.24, 2.45) is 0 Å². The van der Waals surface area contributed by atoms with Gasteiger partial charge in [-0.05, 0) is 13.5 Å². The van der Waals surface area contributed by atoms with Gasteiger partial charge in [0.1, 0.15) is 0 Å². The van der Waals surface area contributed by atoms with Crippen LogP contribution in [0.2, 0.25) is 0 Å². The molecule has 0 unspecified atom stereocenters. The standard InChI is InChI=1S/C9H19N3O2/c1-10-3-6-11-4-2-5-12(8-11)7-9(13)14/h10H,2-8H2,1H3,(H,13,14). The third-order valence-corrected chi connectivity index (χ3v) is 2.39. The van der Waals surface area contributed by atoms with Gasteiger partial charge in [0.05, 0.1) is 13.2 Å². The maximum absolute atomic E-state index is 10.5. The molecular weight excluding hydrogens is 182 g/mol. The van der Waals surface area contributed by atoms with Crippen molar-refractivity contribution in [1.29, 1.82) is 0 Å². The van der Waals surface area contributed by atoms with Gasteiger partial charge in [0.15, 0.2) is 0 Å². The summed E-state index contributed by atoms with van der Waals surface area (Å²) in [5.74, 6) is -0.736. The SMILES string of the molecule is CNCCN1CCCN(CC(=O)O)C1. The monoisotopic (exact) mass is 201 g/mol. The van der Waals surface area contributed by atoms with Gasteiger partial charge in [-0.1, -0.05) is 0 Å². The minimum atomic E-state index is -0.736. The number of likely N-dealkylation sites (N-methyl/N-ethyl adjacent to an activating group) is 1. The Labute approximate surface area is 84.7 Å². The number of rotatable bonds is 5. The zero-order valence-electron chi connectivity index (χ0n) is 8.70. The molecule has 0 radical (unpaired) electrons. The van der Waals surface area contributed by atoms with E-state index in [0.717, 1.165) is 39.3 Å². The van der Waals surface area contributed by atoms with E-state index >= 15 is 0 Å². The Balaban J connectivity index is 2.24. The van der Waals surface area contributed by atoms with Crippen molar-refractivity contribution in [3.05, 3.63) is 0 Å². The molecule has 0 bridgehead atoms. The molecule has 1 aliphatic rings. The van der Waals surface area contributed by atoms with Gasteiger partial charge in [0.2, 0.25) is 0 Å². The zero-order valence-corrected chi connectivity index (χ0v) is 8.70. The number of carbonyl (C=O) groups is 1. The van der Waals surface area contributed by atoms with E-state index in [1.54, 1.807) is 0 Å². The molecule has 1 fully saturated rings. The van der Waals surface area contributed by atoms with Gasteiger partial charge < -0.3 is 10.4 Å². The average Bonchev–Trinajstić information content (AvgIpc) is 2.14. The van der Waals surface area contributed by atoms with Crippen molar-refractivity contribution in [3.63, 3.8) is 0 Å². The molecule has 1 aliphatic heterocycles. The topological polar surface area (TPSA) is 55.8 Å². The molecule has 2 N–H and O–H groups in total. The highest BCUT2D eigenvalue weighted by Crippen LogP contribution is 2.04. The number of carboxylic acids is 1. The number of nitrogens with one attached hydrogen (secondary N) is 1. The third kappa shape index (κ3) is 4.04. The average molecular weight is 201 g/mol. The smallest absolute Gasteiger partial charge is 0.317 e. The number of hydrogen-bond acceptors (Lipinski definition) is 4. The van der Waals surface area contributed by atoms with Crippen LogP contribution in [0.3, 0.4) is 0 Å². The fraction of sp³-hybridized carbons (Fsp3) is 0.889. The van der Waals surface area contributed by atoms with Crippen LogP contribution >= 0.6 is 0 Å². The van der Waals surface area contributed by atoms with E-state index in [2.05, 4.69) is 10.2 Å². The fourth-order valence-corrected chi connectivity index (χ4v) is 1.71. The molecule has 1 rings (SSSR count). The quantitative estimate of drug-likeness (QED) is 0.613. The van der Waals surface area contributed by atoms with Crippen LogP contribution in [0, 0.1) is 0 Å². The molecule has 0 aromatic carbocycles. The van der Waals surface area contributed by atoms with Crippen LogP contribution in [0.4, 0.5) is 0 Å². The molecule has 1 saturated heterocycles. The molecule has 5 heteroatoms. The first kappa shape index (κ1) is 11.4. The summed E-state index contributed by atoms with van der Waals surface area (Å²) in [6.07, 6.45) is 1.07. The lowest BCUT2D eigenvalue weighted by atomic mass is 10.3. The summed E-state index contributed by atoms with van der Waals surface area (Å²) in [5, 5.41) is 11.7. The van der Waals surface area contributed by atoms with E-state index in [9.17, 15) is 4.79 Å². The summed E-state index contributed by atoms with van der Waals surface area (Å²) in [6.45, 7) is 4.89. The van der Waals surface area contributed by atoms with Crippen LogP contribution in [0.15, 0.2) is 0 Å². The Hall–Kier alpha value is -0.650. The van der Waals surface area contributed by atoms with E-state index in [-0.39, 0.29) is 6.54 Å². The molecule has 0 saturated carbocycles. The Morgan fingerprint density at radius 3 is 2.79 bits per heavy atom. The van der Waals surface area contributed by atoms with Crippen LogP contribution in [0.1, 0.15) is 6.42 Å². The molecule has 1 heterocycles. The normalized spacial score (nSPS) is 19.8. The molecular formula is C9H19N3O2. The van der Waals surface area contributed by atoms with Crippen molar-refractivity contribution >= 4 is 5.97 Å². The van der Waals surface area contributed by atoms with Gasteiger partial charge in [0, 0.05) is 26.2 Å². The second-order valence-electron chi connectivity index (χ2n) is 3.66. The number of nitrogens with zero attached hydrogens (tertiary/aromatic N) is 2. The predicted octanol–water partition coefficient (Wildman–Crippen LogP) is -0.744. The number of hydrogen-bond donors (Lipinski definition) is 2. The highest BCUT2D eigenvalue weighted by atomic mass is 16.4. The van der Waals surface area contributed by atoms with E-state index in [0.29, 0.717) is 0 Å². The van der Waals surface area contributed by atoms with Crippen LogP contribution in [0.25, 0.3) is 0 Å². The van der Waals surface area contributed by atoms with Gasteiger partial charge >= 0.3 is 5.97 Å². The van der Waals surface area contributed by atoms with Gasteiger partial charge in [-0.25, -0.2) is 0 Å². The summed E-state index contributed by atoms with van der Waals surface area (Å²) >= 11 is 0. The molecule has 0 amide bonds. The van der Waals surface area contributed by atoms with Crippen molar-refractivity contribution in [2.75, 3.05) is 46.4 Å². The second-order valence-corrected chi connectivity index (χ2v) is 3.66. The highest BCUT2D eigenvalue weighted by Gasteiger charge is 2.18. The van der Waals surface area contributed by atoms with E-state index in [1.807, 2.05) is 11.9 Å². The summed E-state index contributed by atoms with van der Waals surface area (Å²) in [7, 11) is 1.93. The molecule has 0 spiro atoms. The molecule has 0 aromatic rings. The van der Waals surface area contributed by atoms with Crippen LogP contribution in [0.5, 0.6) is 0 Å². The second kappa shape index (κ2) is 5.95. The first-order valence-corrected chi connectivity index (χ1v) is 5.03. The molecule has 82 valence electrons. The molecule has 5 nitrogen and oxygen atoms in total. The van der Waals surface area contributed by atoms with Crippen molar-refractivity contribution in [1.82, 2.24) is 15.1 Å². The lowest BCUT2D eigenvalue weighted by Gasteiger charge is -2.34. The Morgan fingerprint density at radius 2 is 2.14 bits per heavy atom. The predicted molar refractivity (Wildman–Crippen MR) is 54.2 cm³/mol. The van der Waals surface area contributed by atoms with Gasteiger partial charge in [-0.15, -0.1) is 0 Å². The largest absolute Gasteiger partial charge is 0.480 e. The summed E-state index contributed by atoms with van der Waals surface area (Å²) in [4.78, 5) is 14.8. The van der Waals surface area contributed by atoms with E-state index in [1.165, 1.54) is 0 Å². The Bertz CT molecular complexity index is 187. The molecule has 14 heavy (non-hydrogen) atoms. The van der Waals surface area contributed by atoms with Crippen molar-refractivity contribution < 1.29 is 9.90 Å². The van der Waals surface area contributed by atoms with Crippen LogP contribution < -0.4 is 5.32 Å². The van der Waals surface area contributed by atoms with Gasteiger partial charge in [0.25, 0.3) is 0 Å². The lowest BCUT2D eigenvalue weighted by Crippen LogP contribution is -2.48. The third-order valence-electron chi connectivity index (χ3n) is 2.39. The number of aliphatic carboxylic acids is 1. The van der Waals surface area contributed by atoms with Crippen molar-refractivity contribution in [3.8, 4) is 0 Å². The Kier molecular flexibility index (Phi) is 4.86. The first-order valence-electron chi connectivity index (χ1n) is 5.03. The molecule has 0 aromatic heterocycles. The maximum atomic E-state index is 10.5. The summed E-state index contributed by atoms with van der Waals surface area (Å²) < 4.78 is 0. The Morgan fingerprint density at radius 1 is 1.43 bits per heavy atom. The fourth-order valence-electron chi connectivity index (χ4n) is 1.71. The van der Waals surface area contributed by atoms with E-state index in [4.69, 9.17) is 5.11 Å².